The number of benzene rings is 4. The number of hydrogen-bond acceptors (Lipinski definition) is 9. The lowest BCUT2D eigenvalue weighted by molar-refractivity contribution is -0.139. The first-order valence-corrected chi connectivity index (χ1v) is 26.3. The molecular formula is C56H65ClF2N8O6. The van der Waals surface area contributed by atoms with Gasteiger partial charge in [0.1, 0.15) is 17.2 Å². The van der Waals surface area contributed by atoms with E-state index in [9.17, 15) is 19.2 Å². The van der Waals surface area contributed by atoms with Crippen LogP contribution in [0.25, 0.3) is 22.0 Å². The molecule has 5 amide bonds. The van der Waals surface area contributed by atoms with Crippen LogP contribution in [0.4, 0.5) is 19.4 Å². The highest BCUT2D eigenvalue weighted by Crippen LogP contribution is 2.58. The predicted octanol–water partition coefficient (Wildman–Crippen LogP) is 9.02. The summed E-state index contributed by atoms with van der Waals surface area (Å²) in [6, 6.07) is 19.8. The van der Waals surface area contributed by atoms with Crippen LogP contribution >= 0.6 is 11.6 Å². The van der Waals surface area contributed by atoms with E-state index in [0.29, 0.717) is 48.6 Å². The average molecular weight is 1020 g/mol. The number of nitrogens with two attached hydrogens (primary N) is 1. The van der Waals surface area contributed by atoms with Crippen LogP contribution in [-0.4, -0.2) is 102 Å². The molecule has 5 heterocycles. The Morgan fingerprint density at radius 1 is 0.945 bits per heavy atom. The molecule has 10 rings (SSSR count). The minimum absolute atomic E-state index is 0.00311. The number of fused-ring (bicyclic) bond motifs is 2. The smallest absolute Gasteiger partial charge is 0.329 e. The number of nitrogens with zero attached hydrogens (tertiary/aromatic N) is 5. The summed E-state index contributed by atoms with van der Waals surface area (Å²) < 4.78 is 45.9. The first-order valence-electron chi connectivity index (χ1n) is 25.9. The third-order valence-electron chi connectivity index (χ3n) is 16.9. The second-order valence-electron chi connectivity index (χ2n) is 21.0. The lowest BCUT2D eigenvalue weighted by Crippen LogP contribution is -2.49. The summed E-state index contributed by atoms with van der Waals surface area (Å²) in [6.45, 7) is 9.80. The van der Waals surface area contributed by atoms with Crippen molar-refractivity contribution in [1.82, 2.24) is 30.2 Å². The van der Waals surface area contributed by atoms with E-state index in [1.54, 1.807) is 4.90 Å². The number of nitrogens with one attached hydrogen (secondary N) is 2. The topological polar surface area (TPSA) is 164 Å². The number of likely N-dealkylation sites (tertiary alicyclic amines) is 2. The zero-order chi connectivity index (χ0) is 51.3. The van der Waals surface area contributed by atoms with Crippen LogP contribution in [0.3, 0.4) is 0 Å². The number of primary amides is 1. The van der Waals surface area contributed by atoms with E-state index in [2.05, 4.69) is 50.7 Å². The summed E-state index contributed by atoms with van der Waals surface area (Å²) in [5.41, 5.74) is 7.98. The Kier molecular flexibility index (Phi) is 14.3. The molecule has 1 aromatic heterocycles. The van der Waals surface area contributed by atoms with Gasteiger partial charge in [0.2, 0.25) is 17.7 Å². The maximum atomic E-state index is 16.2. The summed E-state index contributed by atoms with van der Waals surface area (Å²) in [6.07, 6.45) is 7.21. The minimum atomic E-state index is -1.000. The van der Waals surface area contributed by atoms with Crippen molar-refractivity contribution in [3.63, 3.8) is 0 Å². The molecule has 14 nitrogen and oxygen atoms in total. The molecule has 386 valence electrons. The van der Waals surface area contributed by atoms with Crippen LogP contribution in [-0.2, 0) is 22.2 Å². The van der Waals surface area contributed by atoms with Crippen molar-refractivity contribution in [2.45, 2.75) is 95.1 Å². The van der Waals surface area contributed by atoms with E-state index in [1.807, 2.05) is 49.0 Å². The molecule has 0 spiro atoms. The third-order valence-corrected chi connectivity index (χ3v) is 17.2. The standard InChI is InChI=1S/C56H65ClF2N8O6/c1-32-30-66(26-20-37(32)31-65-24-18-34(19-25-65)36-12-15-40-43(28-36)64(3)63-53(40)67-27-21-46(68)62-55(67)71)54(70)35-10-13-39(14-11-35)61-23-22-56(38-8-6-5-7-9-38)33(2)47-45(73-56)29-42(58)50(57)49(47)48-41(52(60)69)16-17-44(72-4)51(48)59/h5-9,12,15-17,28-29,32-35,37,39,61H,10-11,13-14,18-27,30-31H2,1-4H3,(H2,60,69)(H,62,68,71)/t32-,33?,35?,37-,39?,56+/m1/s1. The number of imide groups is 1. The highest BCUT2D eigenvalue weighted by molar-refractivity contribution is 6.34. The van der Waals surface area contributed by atoms with E-state index < -0.39 is 35.1 Å². The number of piperidine rings is 2. The molecule has 1 aliphatic carbocycles. The van der Waals surface area contributed by atoms with Crippen molar-refractivity contribution in [2.24, 2.45) is 30.5 Å². The van der Waals surface area contributed by atoms with Gasteiger partial charge in [0.15, 0.2) is 17.4 Å². The SMILES string of the molecule is COc1ccc(C(N)=O)c(-c2c(Cl)c(F)cc3c2C(C)[C@@](CCNC2CCC(C(=O)N4CC[C@H](CN5CCC(c6ccc7c(N8CCC(=O)NC8=O)nn(C)c7c6)CC5)[C@H](C)C4)CC2)(c2ccccc2)O3)c1F. The fourth-order valence-electron chi connectivity index (χ4n) is 12.7. The van der Waals surface area contributed by atoms with Gasteiger partial charge in [0.05, 0.1) is 23.2 Å². The Morgan fingerprint density at radius 3 is 2.40 bits per heavy atom. The molecule has 4 N–H and O–H groups in total. The highest BCUT2D eigenvalue weighted by atomic mass is 35.5. The van der Waals surface area contributed by atoms with Gasteiger partial charge in [-0.3, -0.25) is 29.3 Å². The lowest BCUT2D eigenvalue weighted by atomic mass is 9.75. The van der Waals surface area contributed by atoms with Gasteiger partial charge in [0.25, 0.3) is 0 Å². The number of rotatable bonds is 13. The van der Waals surface area contributed by atoms with Gasteiger partial charge in [-0.25, -0.2) is 13.6 Å². The van der Waals surface area contributed by atoms with Crippen LogP contribution in [0, 0.1) is 29.4 Å². The summed E-state index contributed by atoms with van der Waals surface area (Å²) in [5.74, 6) is -1.03. The van der Waals surface area contributed by atoms with Gasteiger partial charge in [-0.15, -0.1) is 0 Å². The number of aromatic nitrogens is 2. The third kappa shape index (κ3) is 9.55. The van der Waals surface area contributed by atoms with Crippen molar-refractivity contribution < 1.29 is 37.4 Å². The molecule has 4 aliphatic heterocycles. The molecule has 5 aromatic rings. The van der Waals surface area contributed by atoms with Crippen molar-refractivity contribution in [3.05, 3.63) is 106 Å². The number of amides is 5. The predicted molar refractivity (Wildman–Crippen MR) is 276 cm³/mol. The fourth-order valence-corrected chi connectivity index (χ4v) is 12.9. The molecule has 0 radical (unpaired) electrons. The van der Waals surface area contributed by atoms with Gasteiger partial charge < -0.3 is 30.3 Å². The molecule has 4 fully saturated rings. The average Bonchev–Trinajstić information content (AvgIpc) is 3.87. The summed E-state index contributed by atoms with van der Waals surface area (Å²) in [5, 5.41) is 11.4. The number of carbonyl (C=O) groups excluding carboxylic acids is 4. The molecule has 3 saturated heterocycles. The number of hydrogen-bond donors (Lipinski definition) is 3. The molecule has 17 heteroatoms. The molecule has 73 heavy (non-hydrogen) atoms. The van der Waals surface area contributed by atoms with Gasteiger partial charge in [-0.1, -0.05) is 61.8 Å². The summed E-state index contributed by atoms with van der Waals surface area (Å²) in [4.78, 5) is 57.3. The second kappa shape index (κ2) is 20.7. The quantitative estimate of drug-likeness (QED) is 0.104. The second-order valence-corrected chi connectivity index (χ2v) is 21.4. The summed E-state index contributed by atoms with van der Waals surface area (Å²) in [7, 11) is 3.20. The number of urea groups is 1. The van der Waals surface area contributed by atoms with E-state index in [-0.39, 0.29) is 63.4 Å². The fraction of sp³-hybridized carbons (Fsp3) is 0.482. The van der Waals surface area contributed by atoms with Crippen molar-refractivity contribution in [3.8, 4) is 22.6 Å². The Labute approximate surface area is 429 Å². The Morgan fingerprint density at radius 2 is 1.70 bits per heavy atom. The minimum Gasteiger partial charge on any atom is -0.494 e. The molecule has 0 bridgehead atoms. The van der Waals surface area contributed by atoms with Crippen LogP contribution < -0.4 is 30.7 Å². The number of halogens is 3. The lowest BCUT2D eigenvalue weighted by Gasteiger charge is -2.42. The van der Waals surface area contributed by atoms with E-state index in [1.165, 1.54) is 30.9 Å². The van der Waals surface area contributed by atoms with Crippen LogP contribution in [0.5, 0.6) is 11.5 Å². The first-order chi connectivity index (χ1) is 35.1. The first kappa shape index (κ1) is 50.4. The number of carbonyl (C=O) groups is 4. The maximum Gasteiger partial charge on any atom is 0.329 e. The van der Waals surface area contributed by atoms with Crippen molar-refractivity contribution in [2.75, 3.05) is 57.8 Å². The Bertz CT molecular complexity index is 2940. The van der Waals surface area contributed by atoms with E-state index in [0.717, 1.165) is 94.1 Å². The van der Waals surface area contributed by atoms with Crippen LogP contribution in [0.1, 0.15) is 111 Å². The zero-order valence-corrected chi connectivity index (χ0v) is 42.8. The van der Waals surface area contributed by atoms with Gasteiger partial charge >= 0.3 is 6.03 Å². The molecule has 4 aromatic carbocycles. The normalized spacial score (nSPS) is 24.9. The zero-order valence-electron chi connectivity index (χ0n) is 42.0. The van der Waals surface area contributed by atoms with Gasteiger partial charge in [0, 0.05) is 92.1 Å². The van der Waals surface area contributed by atoms with Crippen LogP contribution in [0.2, 0.25) is 5.02 Å². The molecular weight excluding hydrogens is 954 g/mol. The highest BCUT2D eigenvalue weighted by Gasteiger charge is 2.50. The molecule has 1 unspecified atom stereocenters. The number of ether oxygens (including phenoxy) is 2. The monoisotopic (exact) mass is 1020 g/mol. The Balaban J connectivity index is 0.717. The largest absolute Gasteiger partial charge is 0.494 e. The molecule has 1 saturated carbocycles. The summed E-state index contributed by atoms with van der Waals surface area (Å²) >= 11 is 6.71. The van der Waals surface area contributed by atoms with Gasteiger partial charge in [-0.05, 0) is 118 Å². The van der Waals surface area contributed by atoms with E-state index >= 15 is 8.78 Å². The Hall–Kier alpha value is -6.10. The van der Waals surface area contributed by atoms with Crippen molar-refractivity contribution in [1.29, 1.82) is 0 Å². The van der Waals surface area contributed by atoms with Gasteiger partial charge in [-0.2, -0.15) is 5.10 Å². The van der Waals surface area contributed by atoms with Crippen molar-refractivity contribution >= 4 is 52.1 Å². The van der Waals surface area contributed by atoms with E-state index in [4.69, 9.17) is 26.8 Å². The number of anilines is 1. The number of aryl methyl sites for hydroxylation is 1. The number of methoxy groups -OCH3 is 1. The van der Waals surface area contributed by atoms with Crippen LogP contribution in [0.15, 0.2) is 66.7 Å². The molecule has 5 aliphatic rings. The molecule has 4 atom stereocenters. The maximum absolute atomic E-state index is 16.2.